The maximum Gasteiger partial charge on any atom is 0.270 e. The lowest BCUT2D eigenvalue weighted by atomic mass is 10.1. The van der Waals surface area contributed by atoms with Crippen LogP contribution >= 0.6 is 11.7 Å². The van der Waals surface area contributed by atoms with Crippen LogP contribution in [0.4, 0.5) is 5.82 Å². The molecule has 0 saturated carbocycles. The maximum absolute atomic E-state index is 9.96. The lowest BCUT2D eigenvalue weighted by Crippen LogP contribution is -2.47. The van der Waals surface area contributed by atoms with E-state index >= 15 is 0 Å². The summed E-state index contributed by atoms with van der Waals surface area (Å²) < 4.78 is 19.3. The van der Waals surface area contributed by atoms with Crippen molar-refractivity contribution in [3.8, 4) is 5.88 Å². The third-order valence-corrected chi connectivity index (χ3v) is 3.88. The summed E-state index contributed by atoms with van der Waals surface area (Å²) in [5.41, 5.74) is -0.428. The molecule has 0 aliphatic carbocycles. The Kier molecular flexibility index (Phi) is 6.33. The summed E-state index contributed by atoms with van der Waals surface area (Å²) in [4.78, 5) is 2.07. The number of ether oxygens (including phenoxy) is 2. The zero-order chi connectivity index (χ0) is 16.0. The molecule has 0 radical (unpaired) electrons. The van der Waals surface area contributed by atoms with Crippen LogP contribution in [0.3, 0.4) is 0 Å². The van der Waals surface area contributed by atoms with Gasteiger partial charge >= 0.3 is 0 Å². The second-order valence-electron chi connectivity index (χ2n) is 5.88. The molecule has 1 aliphatic heterocycles. The molecule has 0 amide bonds. The van der Waals surface area contributed by atoms with Crippen molar-refractivity contribution in [2.45, 2.75) is 25.5 Å². The van der Waals surface area contributed by atoms with Crippen LogP contribution in [0.25, 0.3) is 0 Å². The van der Waals surface area contributed by atoms with Crippen molar-refractivity contribution in [3.63, 3.8) is 0 Å². The summed E-state index contributed by atoms with van der Waals surface area (Å²) in [7, 11) is 0. The highest BCUT2D eigenvalue weighted by Crippen LogP contribution is 2.26. The standard InChI is InChI=1S/C13H24N4O4S/c1-13(2,9-18)14-7-10(19)8-21-12-11(15-22-16-12)17-3-5-20-6-4-17/h10,14,18-19H,3-9H2,1-2H3/t10-/m0/s1. The summed E-state index contributed by atoms with van der Waals surface area (Å²) in [6.45, 7) is 7.03. The van der Waals surface area contributed by atoms with E-state index in [4.69, 9.17) is 14.6 Å². The largest absolute Gasteiger partial charge is 0.472 e. The number of morpholine rings is 1. The van der Waals surface area contributed by atoms with Crippen molar-refractivity contribution in [1.29, 1.82) is 0 Å². The van der Waals surface area contributed by atoms with Gasteiger partial charge in [0.15, 0.2) is 0 Å². The molecular formula is C13H24N4O4S. The molecule has 1 fully saturated rings. The molecule has 8 nitrogen and oxygen atoms in total. The fraction of sp³-hybridized carbons (Fsp3) is 0.846. The number of rotatable bonds is 8. The summed E-state index contributed by atoms with van der Waals surface area (Å²) >= 11 is 1.09. The van der Waals surface area contributed by atoms with Crippen molar-refractivity contribution >= 4 is 17.5 Å². The molecule has 1 saturated heterocycles. The topological polar surface area (TPSA) is 100.0 Å². The Labute approximate surface area is 134 Å². The molecule has 3 N–H and O–H groups in total. The van der Waals surface area contributed by atoms with Crippen molar-refractivity contribution in [1.82, 2.24) is 14.1 Å². The van der Waals surface area contributed by atoms with Crippen LogP contribution < -0.4 is 15.0 Å². The average molecular weight is 332 g/mol. The van der Waals surface area contributed by atoms with Crippen LogP contribution in [0.2, 0.25) is 0 Å². The predicted octanol–water partition coefficient (Wildman–Crippen LogP) is -0.525. The number of anilines is 1. The molecule has 2 rings (SSSR count). The third-order valence-electron chi connectivity index (χ3n) is 3.38. The van der Waals surface area contributed by atoms with Gasteiger partial charge in [-0.2, -0.15) is 4.37 Å². The first-order valence-electron chi connectivity index (χ1n) is 7.34. The first kappa shape index (κ1) is 17.4. The molecule has 9 heteroatoms. The maximum atomic E-state index is 9.96. The number of hydrogen-bond donors (Lipinski definition) is 3. The van der Waals surface area contributed by atoms with E-state index in [1.54, 1.807) is 0 Å². The van der Waals surface area contributed by atoms with E-state index in [1.165, 1.54) is 0 Å². The summed E-state index contributed by atoms with van der Waals surface area (Å²) in [6.07, 6.45) is -0.690. The van der Waals surface area contributed by atoms with Crippen LogP contribution in [-0.4, -0.2) is 76.7 Å². The highest BCUT2D eigenvalue weighted by atomic mass is 32.1. The highest BCUT2D eigenvalue weighted by Gasteiger charge is 2.21. The lowest BCUT2D eigenvalue weighted by Gasteiger charge is -2.27. The fourth-order valence-electron chi connectivity index (χ4n) is 1.92. The van der Waals surface area contributed by atoms with E-state index in [0.29, 0.717) is 31.5 Å². The molecular weight excluding hydrogens is 308 g/mol. The van der Waals surface area contributed by atoms with Crippen LogP contribution in [0, 0.1) is 0 Å². The van der Waals surface area contributed by atoms with Crippen LogP contribution in [0.1, 0.15) is 13.8 Å². The molecule has 126 valence electrons. The Morgan fingerprint density at radius 3 is 2.82 bits per heavy atom. The van der Waals surface area contributed by atoms with Gasteiger partial charge < -0.3 is 29.9 Å². The summed E-state index contributed by atoms with van der Waals surface area (Å²) in [6, 6.07) is 0. The molecule has 0 aromatic carbocycles. The number of β-amino-alcohol motifs (C(OH)–C–C–N with tert-alkyl or cyclic N) is 1. The minimum absolute atomic E-state index is 0.00222. The van der Waals surface area contributed by atoms with Gasteiger partial charge in [-0.25, -0.2) is 0 Å². The molecule has 1 atom stereocenters. The molecule has 22 heavy (non-hydrogen) atoms. The van der Waals surface area contributed by atoms with E-state index in [-0.39, 0.29) is 13.2 Å². The Balaban J connectivity index is 1.80. The van der Waals surface area contributed by atoms with Gasteiger partial charge in [0.25, 0.3) is 5.88 Å². The molecule has 0 unspecified atom stereocenters. The normalized spacial score (nSPS) is 17.5. The quantitative estimate of drug-likeness (QED) is 0.584. The number of aliphatic hydroxyl groups is 2. The van der Waals surface area contributed by atoms with Crippen LogP contribution in [0.5, 0.6) is 5.88 Å². The van der Waals surface area contributed by atoms with Gasteiger partial charge in [-0.1, -0.05) is 0 Å². The van der Waals surface area contributed by atoms with Gasteiger partial charge in [0.05, 0.1) is 31.5 Å². The summed E-state index contributed by atoms with van der Waals surface area (Å²) in [5, 5.41) is 22.2. The SMILES string of the molecule is CC(C)(CO)NC[C@H](O)COc1nsnc1N1CCOCC1. The molecule has 1 aromatic rings. The Hall–Kier alpha value is -1.00. The minimum Gasteiger partial charge on any atom is -0.472 e. The second kappa shape index (κ2) is 8.02. The zero-order valence-electron chi connectivity index (χ0n) is 13.0. The number of aliphatic hydroxyl groups excluding tert-OH is 2. The van der Waals surface area contributed by atoms with Crippen molar-refractivity contribution in [2.24, 2.45) is 0 Å². The van der Waals surface area contributed by atoms with Gasteiger partial charge in [0.2, 0.25) is 5.82 Å². The van der Waals surface area contributed by atoms with Gasteiger partial charge in [-0.15, -0.1) is 4.37 Å². The first-order valence-corrected chi connectivity index (χ1v) is 8.07. The predicted molar refractivity (Wildman–Crippen MR) is 83.6 cm³/mol. The average Bonchev–Trinajstić information content (AvgIpc) is 3.00. The molecule has 1 aliphatic rings. The van der Waals surface area contributed by atoms with Gasteiger partial charge in [0, 0.05) is 25.2 Å². The number of aromatic nitrogens is 2. The minimum atomic E-state index is -0.690. The molecule has 1 aromatic heterocycles. The van der Waals surface area contributed by atoms with E-state index in [0.717, 1.165) is 24.8 Å². The van der Waals surface area contributed by atoms with Crippen LogP contribution in [0.15, 0.2) is 0 Å². The number of nitrogens with zero attached hydrogens (tertiary/aromatic N) is 3. The van der Waals surface area contributed by atoms with Crippen molar-refractivity contribution in [2.75, 3.05) is 51.0 Å². The fourth-order valence-corrected chi connectivity index (χ4v) is 2.44. The zero-order valence-corrected chi connectivity index (χ0v) is 13.8. The van der Waals surface area contributed by atoms with Gasteiger partial charge in [-0.05, 0) is 13.8 Å². The molecule has 0 bridgehead atoms. The van der Waals surface area contributed by atoms with E-state index in [1.807, 2.05) is 13.8 Å². The Morgan fingerprint density at radius 1 is 1.41 bits per heavy atom. The van der Waals surface area contributed by atoms with E-state index < -0.39 is 11.6 Å². The van der Waals surface area contributed by atoms with Crippen molar-refractivity contribution < 1.29 is 19.7 Å². The third kappa shape index (κ3) is 5.03. The van der Waals surface area contributed by atoms with E-state index in [2.05, 4.69) is 19.0 Å². The number of nitrogens with one attached hydrogen (secondary N) is 1. The monoisotopic (exact) mass is 332 g/mol. The van der Waals surface area contributed by atoms with E-state index in [9.17, 15) is 5.11 Å². The van der Waals surface area contributed by atoms with Gasteiger partial charge in [-0.3, -0.25) is 0 Å². The van der Waals surface area contributed by atoms with Gasteiger partial charge in [0.1, 0.15) is 12.7 Å². The molecule has 0 spiro atoms. The first-order chi connectivity index (χ1) is 10.5. The Morgan fingerprint density at radius 2 is 2.14 bits per heavy atom. The highest BCUT2D eigenvalue weighted by molar-refractivity contribution is 6.99. The second-order valence-corrected chi connectivity index (χ2v) is 6.41. The summed E-state index contributed by atoms with van der Waals surface area (Å²) in [5.74, 6) is 1.16. The lowest BCUT2D eigenvalue weighted by molar-refractivity contribution is 0.0887. The smallest absolute Gasteiger partial charge is 0.270 e. The van der Waals surface area contributed by atoms with Crippen molar-refractivity contribution in [3.05, 3.63) is 0 Å². The van der Waals surface area contributed by atoms with Crippen LogP contribution in [-0.2, 0) is 4.74 Å². The molecule has 2 heterocycles. The number of hydrogen-bond acceptors (Lipinski definition) is 9. The Bertz CT molecular complexity index is 451.